The first-order valence-corrected chi connectivity index (χ1v) is 7.82. The number of amides is 1. The van der Waals surface area contributed by atoms with E-state index >= 15 is 0 Å². The average Bonchev–Trinajstić information content (AvgIpc) is 2.84. The largest absolute Gasteiger partial charge is 0.340 e. The zero-order valence-electron chi connectivity index (χ0n) is 12.0. The van der Waals surface area contributed by atoms with Crippen LogP contribution in [-0.2, 0) is 11.3 Å². The summed E-state index contributed by atoms with van der Waals surface area (Å²) in [4.78, 5) is 20.1. The van der Waals surface area contributed by atoms with E-state index in [0.29, 0.717) is 12.5 Å². The molecule has 0 aromatic carbocycles. The van der Waals surface area contributed by atoms with E-state index in [9.17, 15) is 4.79 Å². The van der Waals surface area contributed by atoms with Crippen LogP contribution in [0.5, 0.6) is 0 Å². The Kier molecular flexibility index (Phi) is 4.58. The lowest BCUT2D eigenvalue weighted by atomic mass is 9.75. The molecule has 1 amide bonds. The van der Waals surface area contributed by atoms with Crippen molar-refractivity contribution in [3.05, 3.63) is 16.1 Å². The smallest absolute Gasteiger partial charge is 0.228 e. The van der Waals surface area contributed by atoms with E-state index in [-0.39, 0.29) is 5.41 Å². The van der Waals surface area contributed by atoms with Crippen molar-refractivity contribution in [1.82, 2.24) is 15.2 Å². The molecule has 1 fully saturated rings. The Labute approximate surface area is 119 Å². The van der Waals surface area contributed by atoms with Crippen LogP contribution >= 0.6 is 11.3 Å². The lowest BCUT2D eigenvalue weighted by Gasteiger charge is -2.38. The Hall–Kier alpha value is -0.940. The predicted octanol–water partition coefficient (Wildman–Crippen LogP) is 2.19. The number of rotatable bonds is 4. The van der Waals surface area contributed by atoms with Gasteiger partial charge in [-0.05, 0) is 39.3 Å². The summed E-state index contributed by atoms with van der Waals surface area (Å²) in [6, 6.07) is 0. The number of carbonyl (C=O) groups excluding carboxylic acids is 1. The standard InChI is InChI=1S/C14H23N3OS/c1-4-14(5-7-15-8-6-14)13(18)17(3)9-12-11(2)16-10-19-12/h10,15H,4-9H2,1-3H3. The molecule has 1 aromatic rings. The third-order valence-corrected chi connectivity index (χ3v) is 5.18. The number of thiazole rings is 1. The molecule has 1 aliphatic rings. The summed E-state index contributed by atoms with van der Waals surface area (Å²) in [6.07, 6.45) is 2.84. The van der Waals surface area contributed by atoms with Crippen molar-refractivity contribution in [3.63, 3.8) is 0 Å². The van der Waals surface area contributed by atoms with E-state index in [4.69, 9.17) is 0 Å². The van der Waals surface area contributed by atoms with Gasteiger partial charge in [0.15, 0.2) is 0 Å². The van der Waals surface area contributed by atoms with Crippen LogP contribution < -0.4 is 5.32 Å². The first kappa shape index (κ1) is 14.5. The molecule has 1 aliphatic heterocycles. The third-order valence-electron chi connectivity index (χ3n) is 4.26. The van der Waals surface area contributed by atoms with E-state index in [0.717, 1.165) is 38.0 Å². The molecule has 4 nitrogen and oxygen atoms in total. The summed E-state index contributed by atoms with van der Waals surface area (Å²) in [7, 11) is 1.92. The molecule has 5 heteroatoms. The molecule has 0 atom stereocenters. The zero-order chi connectivity index (χ0) is 13.9. The SMILES string of the molecule is CCC1(C(=O)N(C)Cc2scnc2C)CCNCC1. The van der Waals surface area contributed by atoms with E-state index in [1.165, 1.54) is 4.88 Å². The Morgan fingerprint density at radius 3 is 2.74 bits per heavy atom. The Balaban J connectivity index is 2.07. The van der Waals surface area contributed by atoms with Gasteiger partial charge in [-0.15, -0.1) is 11.3 Å². The molecule has 2 rings (SSSR count). The molecular weight excluding hydrogens is 258 g/mol. The van der Waals surface area contributed by atoms with Crippen LogP contribution in [0.3, 0.4) is 0 Å². The van der Waals surface area contributed by atoms with Gasteiger partial charge in [-0.2, -0.15) is 0 Å². The number of piperidine rings is 1. The van der Waals surface area contributed by atoms with Gasteiger partial charge in [-0.3, -0.25) is 4.79 Å². The number of hydrogen-bond acceptors (Lipinski definition) is 4. The summed E-state index contributed by atoms with van der Waals surface area (Å²) in [6.45, 7) is 6.73. The van der Waals surface area contributed by atoms with Gasteiger partial charge in [-0.1, -0.05) is 6.92 Å². The minimum absolute atomic E-state index is 0.154. The number of aryl methyl sites for hydroxylation is 1. The van der Waals surface area contributed by atoms with E-state index in [1.807, 2.05) is 24.4 Å². The van der Waals surface area contributed by atoms with Crippen molar-refractivity contribution in [2.75, 3.05) is 20.1 Å². The zero-order valence-corrected chi connectivity index (χ0v) is 12.8. The quantitative estimate of drug-likeness (QED) is 0.920. The van der Waals surface area contributed by atoms with Gasteiger partial charge in [-0.25, -0.2) is 4.98 Å². The Morgan fingerprint density at radius 2 is 2.21 bits per heavy atom. The number of hydrogen-bond donors (Lipinski definition) is 1. The number of aromatic nitrogens is 1. The Bertz CT molecular complexity index is 438. The maximum absolute atomic E-state index is 12.8. The van der Waals surface area contributed by atoms with Gasteiger partial charge in [0.2, 0.25) is 5.91 Å². The first-order valence-electron chi connectivity index (χ1n) is 6.94. The fraction of sp³-hybridized carbons (Fsp3) is 0.714. The fourth-order valence-electron chi connectivity index (χ4n) is 2.79. The summed E-state index contributed by atoms with van der Waals surface area (Å²) in [5.41, 5.74) is 2.74. The molecule has 0 radical (unpaired) electrons. The minimum Gasteiger partial charge on any atom is -0.340 e. The number of nitrogens with one attached hydrogen (secondary N) is 1. The highest BCUT2D eigenvalue weighted by Crippen LogP contribution is 2.35. The molecular formula is C14H23N3OS. The molecule has 2 heterocycles. The molecule has 1 N–H and O–H groups in total. The van der Waals surface area contributed by atoms with E-state index in [2.05, 4.69) is 17.2 Å². The number of carbonyl (C=O) groups is 1. The van der Waals surface area contributed by atoms with E-state index < -0.39 is 0 Å². The van der Waals surface area contributed by atoms with Gasteiger partial charge in [0.05, 0.1) is 23.2 Å². The highest BCUT2D eigenvalue weighted by atomic mass is 32.1. The minimum atomic E-state index is -0.154. The topological polar surface area (TPSA) is 45.2 Å². The maximum atomic E-state index is 12.8. The van der Waals surface area contributed by atoms with Crippen LogP contribution in [0.2, 0.25) is 0 Å². The second-order valence-corrected chi connectivity index (χ2v) is 6.35. The Morgan fingerprint density at radius 1 is 1.53 bits per heavy atom. The molecule has 1 saturated heterocycles. The van der Waals surface area contributed by atoms with Crippen molar-refractivity contribution in [3.8, 4) is 0 Å². The number of nitrogens with zero attached hydrogens (tertiary/aromatic N) is 2. The molecule has 0 saturated carbocycles. The third kappa shape index (κ3) is 2.98. The monoisotopic (exact) mass is 281 g/mol. The van der Waals surface area contributed by atoms with Crippen molar-refractivity contribution in [1.29, 1.82) is 0 Å². The lowest BCUT2D eigenvalue weighted by Crippen LogP contribution is -2.47. The van der Waals surface area contributed by atoms with Crippen LogP contribution in [0.4, 0.5) is 0 Å². The summed E-state index contributed by atoms with van der Waals surface area (Å²) < 4.78 is 0. The second kappa shape index (κ2) is 6.01. The van der Waals surface area contributed by atoms with Crippen LogP contribution in [0.1, 0.15) is 36.8 Å². The molecule has 106 valence electrons. The van der Waals surface area contributed by atoms with Gasteiger partial charge in [0.1, 0.15) is 0 Å². The van der Waals surface area contributed by atoms with Crippen molar-refractivity contribution in [2.45, 2.75) is 39.7 Å². The summed E-state index contributed by atoms with van der Waals surface area (Å²) in [5, 5.41) is 3.34. The normalized spacial score (nSPS) is 18.3. The highest BCUT2D eigenvalue weighted by Gasteiger charge is 2.39. The average molecular weight is 281 g/mol. The van der Waals surface area contributed by atoms with Crippen LogP contribution in [0.15, 0.2) is 5.51 Å². The van der Waals surface area contributed by atoms with Gasteiger partial charge < -0.3 is 10.2 Å². The predicted molar refractivity (Wildman–Crippen MR) is 78.2 cm³/mol. The van der Waals surface area contributed by atoms with Crippen LogP contribution in [-0.4, -0.2) is 35.9 Å². The molecule has 0 unspecified atom stereocenters. The lowest BCUT2D eigenvalue weighted by molar-refractivity contribution is -0.143. The van der Waals surface area contributed by atoms with Crippen molar-refractivity contribution in [2.24, 2.45) is 5.41 Å². The summed E-state index contributed by atoms with van der Waals surface area (Å²) in [5.74, 6) is 0.296. The van der Waals surface area contributed by atoms with Crippen LogP contribution in [0, 0.1) is 12.3 Å². The molecule has 0 bridgehead atoms. The van der Waals surface area contributed by atoms with Crippen molar-refractivity contribution >= 4 is 17.2 Å². The van der Waals surface area contributed by atoms with Gasteiger partial charge >= 0.3 is 0 Å². The van der Waals surface area contributed by atoms with Gasteiger partial charge in [0, 0.05) is 11.9 Å². The fourth-order valence-corrected chi connectivity index (χ4v) is 3.62. The molecule has 0 spiro atoms. The highest BCUT2D eigenvalue weighted by molar-refractivity contribution is 7.09. The second-order valence-electron chi connectivity index (χ2n) is 5.41. The van der Waals surface area contributed by atoms with E-state index in [1.54, 1.807) is 11.3 Å². The van der Waals surface area contributed by atoms with Crippen LogP contribution in [0.25, 0.3) is 0 Å². The molecule has 19 heavy (non-hydrogen) atoms. The summed E-state index contributed by atoms with van der Waals surface area (Å²) >= 11 is 1.63. The first-order chi connectivity index (χ1) is 9.09. The molecule has 1 aromatic heterocycles. The van der Waals surface area contributed by atoms with Crippen molar-refractivity contribution < 1.29 is 4.79 Å². The molecule has 0 aliphatic carbocycles. The van der Waals surface area contributed by atoms with Gasteiger partial charge in [0.25, 0.3) is 0 Å². The maximum Gasteiger partial charge on any atom is 0.228 e.